The van der Waals surface area contributed by atoms with E-state index in [9.17, 15) is 14.7 Å². The van der Waals surface area contributed by atoms with Crippen molar-refractivity contribution in [3.8, 4) is 0 Å². The number of aliphatic carboxylic acids is 1. The molecule has 2 unspecified atom stereocenters. The van der Waals surface area contributed by atoms with Crippen LogP contribution in [-0.2, 0) is 4.79 Å². The Morgan fingerprint density at radius 2 is 1.90 bits per heavy atom. The van der Waals surface area contributed by atoms with Crippen molar-refractivity contribution < 1.29 is 14.7 Å². The van der Waals surface area contributed by atoms with Gasteiger partial charge in [-0.1, -0.05) is 26.2 Å². The van der Waals surface area contributed by atoms with E-state index < -0.39 is 11.4 Å². The van der Waals surface area contributed by atoms with Crippen molar-refractivity contribution in [3.63, 3.8) is 0 Å². The summed E-state index contributed by atoms with van der Waals surface area (Å²) in [6.45, 7) is 4.44. The van der Waals surface area contributed by atoms with Crippen LogP contribution in [-0.4, -0.2) is 40.6 Å². The van der Waals surface area contributed by atoms with Crippen LogP contribution < -0.4 is 5.32 Å². The second-order valence-corrected chi connectivity index (χ2v) is 6.70. The highest BCUT2D eigenvalue weighted by Crippen LogP contribution is 2.36. The van der Waals surface area contributed by atoms with Gasteiger partial charge in [0.15, 0.2) is 0 Å². The van der Waals surface area contributed by atoms with Gasteiger partial charge in [-0.05, 0) is 39.0 Å². The molecule has 1 saturated carbocycles. The number of nitrogens with one attached hydrogen (secondary N) is 1. The zero-order valence-electron chi connectivity index (χ0n) is 13.2. The van der Waals surface area contributed by atoms with Gasteiger partial charge in [-0.25, -0.2) is 4.79 Å². The van der Waals surface area contributed by atoms with Crippen molar-refractivity contribution in [3.05, 3.63) is 0 Å². The van der Waals surface area contributed by atoms with Crippen molar-refractivity contribution in [2.45, 2.75) is 77.3 Å². The van der Waals surface area contributed by atoms with E-state index in [4.69, 9.17) is 0 Å². The zero-order chi connectivity index (χ0) is 15.5. The smallest absolute Gasteiger partial charge is 0.317 e. The molecule has 21 heavy (non-hydrogen) atoms. The van der Waals surface area contributed by atoms with Gasteiger partial charge in [0, 0.05) is 18.6 Å². The SMILES string of the molecule is CCC1CCC(C)N1C(=O)NCC1(C(=O)O)CCCCC1. The van der Waals surface area contributed by atoms with Gasteiger partial charge < -0.3 is 15.3 Å². The lowest BCUT2D eigenvalue weighted by atomic mass is 9.74. The minimum Gasteiger partial charge on any atom is -0.481 e. The largest absolute Gasteiger partial charge is 0.481 e. The lowest BCUT2D eigenvalue weighted by molar-refractivity contribution is -0.150. The molecule has 5 nitrogen and oxygen atoms in total. The number of hydrogen-bond donors (Lipinski definition) is 2. The van der Waals surface area contributed by atoms with Crippen molar-refractivity contribution in [2.24, 2.45) is 5.41 Å². The summed E-state index contributed by atoms with van der Waals surface area (Å²) in [5, 5.41) is 12.5. The molecule has 0 spiro atoms. The summed E-state index contributed by atoms with van der Waals surface area (Å²) in [5.41, 5.74) is -0.751. The average Bonchev–Trinajstić information content (AvgIpc) is 2.86. The molecule has 120 valence electrons. The highest BCUT2D eigenvalue weighted by molar-refractivity contribution is 5.78. The summed E-state index contributed by atoms with van der Waals surface area (Å²) in [7, 11) is 0. The van der Waals surface area contributed by atoms with Crippen LogP contribution in [0.25, 0.3) is 0 Å². The number of likely N-dealkylation sites (tertiary alicyclic amines) is 1. The first kappa shape index (κ1) is 16.1. The van der Waals surface area contributed by atoms with Gasteiger partial charge in [0.25, 0.3) is 0 Å². The molecule has 2 fully saturated rings. The van der Waals surface area contributed by atoms with Gasteiger partial charge in [0.1, 0.15) is 0 Å². The highest BCUT2D eigenvalue weighted by Gasteiger charge is 2.41. The summed E-state index contributed by atoms with van der Waals surface area (Å²) in [5.74, 6) is -0.760. The standard InChI is InChI=1S/C16H28N2O3/c1-3-13-8-7-12(2)18(13)15(21)17-11-16(14(19)20)9-5-4-6-10-16/h12-13H,3-11H2,1-2H3,(H,17,21)(H,19,20). The number of amides is 2. The Bertz CT molecular complexity index is 391. The number of urea groups is 1. The van der Waals surface area contributed by atoms with Crippen molar-refractivity contribution in [1.82, 2.24) is 10.2 Å². The van der Waals surface area contributed by atoms with Gasteiger partial charge in [0.2, 0.25) is 0 Å². The number of carbonyl (C=O) groups excluding carboxylic acids is 1. The van der Waals surface area contributed by atoms with Crippen LogP contribution >= 0.6 is 0 Å². The maximum absolute atomic E-state index is 12.5. The summed E-state index contributed by atoms with van der Waals surface area (Å²) in [4.78, 5) is 26.0. The molecule has 0 aromatic rings. The maximum Gasteiger partial charge on any atom is 0.317 e. The predicted molar refractivity (Wildman–Crippen MR) is 81.2 cm³/mol. The first-order chi connectivity index (χ1) is 10.00. The molecule has 0 aromatic heterocycles. The van der Waals surface area contributed by atoms with E-state index in [1.54, 1.807) is 0 Å². The van der Waals surface area contributed by atoms with Crippen molar-refractivity contribution >= 4 is 12.0 Å². The molecule has 2 N–H and O–H groups in total. The molecule has 1 heterocycles. The number of carboxylic acids is 1. The third-order valence-electron chi connectivity index (χ3n) is 5.33. The summed E-state index contributed by atoms with van der Waals surface area (Å²) >= 11 is 0. The lowest BCUT2D eigenvalue weighted by Gasteiger charge is -2.35. The third-order valence-corrected chi connectivity index (χ3v) is 5.33. The van der Waals surface area contributed by atoms with Crippen LogP contribution in [0.2, 0.25) is 0 Å². The topological polar surface area (TPSA) is 69.6 Å². The molecule has 1 saturated heterocycles. The molecular formula is C16H28N2O3. The van der Waals surface area contributed by atoms with Gasteiger partial charge in [-0.3, -0.25) is 4.79 Å². The molecule has 5 heteroatoms. The molecule has 1 aliphatic heterocycles. The molecule has 1 aliphatic carbocycles. The van der Waals surface area contributed by atoms with Gasteiger partial charge in [-0.2, -0.15) is 0 Å². The number of carboxylic acid groups (broad SMARTS) is 1. The number of carbonyl (C=O) groups is 2. The maximum atomic E-state index is 12.5. The molecule has 0 bridgehead atoms. The minimum absolute atomic E-state index is 0.0851. The van der Waals surface area contributed by atoms with E-state index in [2.05, 4.69) is 19.2 Å². The first-order valence-electron chi connectivity index (χ1n) is 8.30. The Morgan fingerprint density at radius 1 is 1.24 bits per heavy atom. The van der Waals surface area contributed by atoms with Crippen LogP contribution in [0.5, 0.6) is 0 Å². The van der Waals surface area contributed by atoms with E-state index in [1.165, 1.54) is 0 Å². The Labute approximate surface area is 127 Å². The van der Waals surface area contributed by atoms with E-state index in [0.717, 1.165) is 38.5 Å². The monoisotopic (exact) mass is 296 g/mol. The Morgan fingerprint density at radius 3 is 2.48 bits per heavy atom. The van der Waals surface area contributed by atoms with Gasteiger partial charge in [-0.15, -0.1) is 0 Å². The number of nitrogens with zero attached hydrogens (tertiary/aromatic N) is 1. The quantitative estimate of drug-likeness (QED) is 0.838. The molecule has 0 aromatic carbocycles. The lowest BCUT2D eigenvalue weighted by Crippen LogP contribution is -2.51. The second kappa shape index (κ2) is 6.67. The highest BCUT2D eigenvalue weighted by atomic mass is 16.4. The fraction of sp³-hybridized carbons (Fsp3) is 0.875. The summed E-state index contributed by atoms with van der Waals surface area (Å²) < 4.78 is 0. The van der Waals surface area contributed by atoms with E-state index in [1.807, 2.05) is 4.90 Å². The van der Waals surface area contributed by atoms with Crippen molar-refractivity contribution in [2.75, 3.05) is 6.54 Å². The van der Waals surface area contributed by atoms with Crippen LogP contribution in [0.15, 0.2) is 0 Å². The normalized spacial score (nSPS) is 28.4. The number of rotatable bonds is 4. The average molecular weight is 296 g/mol. The predicted octanol–water partition coefficient (Wildman–Crippen LogP) is 2.99. The van der Waals surface area contributed by atoms with Crippen molar-refractivity contribution in [1.29, 1.82) is 0 Å². The third kappa shape index (κ3) is 3.33. The van der Waals surface area contributed by atoms with Crippen LogP contribution in [0.4, 0.5) is 4.79 Å². The molecular weight excluding hydrogens is 268 g/mol. The molecule has 2 rings (SSSR count). The van der Waals surface area contributed by atoms with Crippen LogP contribution in [0.3, 0.4) is 0 Å². The number of hydrogen-bond acceptors (Lipinski definition) is 2. The fourth-order valence-electron chi connectivity index (χ4n) is 3.87. The Kier molecular flexibility index (Phi) is 5.12. The van der Waals surface area contributed by atoms with Gasteiger partial charge >= 0.3 is 12.0 Å². The second-order valence-electron chi connectivity index (χ2n) is 6.70. The van der Waals surface area contributed by atoms with Crippen LogP contribution in [0.1, 0.15) is 65.2 Å². The molecule has 2 aliphatic rings. The van der Waals surface area contributed by atoms with Gasteiger partial charge in [0.05, 0.1) is 5.41 Å². The summed E-state index contributed by atoms with van der Waals surface area (Å²) in [6.07, 6.45) is 7.39. The molecule has 2 atom stereocenters. The first-order valence-corrected chi connectivity index (χ1v) is 8.30. The summed E-state index contributed by atoms with van der Waals surface area (Å²) in [6, 6.07) is 0.465. The van der Waals surface area contributed by atoms with E-state index in [0.29, 0.717) is 18.9 Å². The molecule has 2 amide bonds. The Hall–Kier alpha value is -1.26. The molecule has 0 radical (unpaired) electrons. The van der Waals surface area contributed by atoms with E-state index in [-0.39, 0.29) is 18.6 Å². The van der Waals surface area contributed by atoms with E-state index >= 15 is 0 Å². The fourth-order valence-corrected chi connectivity index (χ4v) is 3.87. The minimum atomic E-state index is -0.760. The van der Waals surface area contributed by atoms with Crippen LogP contribution in [0, 0.1) is 5.41 Å². The Balaban J connectivity index is 1.97. The zero-order valence-corrected chi connectivity index (χ0v) is 13.2.